The van der Waals surface area contributed by atoms with E-state index in [-0.39, 0.29) is 0 Å². The number of nitrogens with one attached hydrogen (secondary N) is 1. The van der Waals surface area contributed by atoms with Gasteiger partial charge in [-0.05, 0) is 12.1 Å². The molecule has 1 aromatic heterocycles. The molecule has 0 fully saturated rings. The highest BCUT2D eigenvalue weighted by atomic mass is 16.2. The molecule has 0 spiro atoms. The summed E-state index contributed by atoms with van der Waals surface area (Å²) in [5, 5.41) is 5.71. The second-order valence-electron chi connectivity index (χ2n) is 4.10. The number of carbonyl (C=O) groups excluding carboxylic acids is 1. The van der Waals surface area contributed by atoms with Crippen LogP contribution in [0.5, 0.6) is 0 Å². The minimum Gasteiger partial charge on any atom is -0.322 e. The summed E-state index contributed by atoms with van der Waals surface area (Å²) in [4.78, 5) is 35.9. The van der Waals surface area contributed by atoms with Crippen LogP contribution in [0.1, 0.15) is 0 Å². The van der Waals surface area contributed by atoms with E-state index < -0.39 is 23.7 Å². The Hall–Kier alpha value is -2.90. The molecule has 2 rings (SSSR count). The van der Waals surface area contributed by atoms with Gasteiger partial charge in [-0.3, -0.25) is 18.7 Å². The van der Waals surface area contributed by atoms with Gasteiger partial charge >= 0.3 is 5.69 Å². The van der Waals surface area contributed by atoms with E-state index in [0.29, 0.717) is 10.9 Å². The Labute approximate surface area is 113 Å². The SMILES string of the molecule is Cn1c(=O)n(CC(=O)NC=NN)c(=O)c2ccccc21. The van der Waals surface area contributed by atoms with Crippen molar-refractivity contribution in [1.29, 1.82) is 0 Å². The quantitative estimate of drug-likeness (QED) is 0.314. The second kappa shape index (κ2) is 5.39. The fourth-order valence-corrected chi connectivity index (χ4v) is 1.90. The molecule has 0 aliphatic heterocycles. The van der Waals surface area contributed by atoms with Gasteiger partial charge in [-0.25, -0.2) is 4.79 Å². The lowest BCUT2D eigenvalue weighted by molar-refractivity contribution is -0.120. The molecule has 3 N–H and O–H groups in total. The lowest BCUT2D eigenvalue weighted by Gasteiger charge is -2.09. The summed E-state index contributed by atoms with van der Waals surface area (Å²) in [6.07, 6.45) is 0.985. The number of para-hydroxylation sites is 1. The highest BCUT2D eigenvalue weighted by Gasteiger charge is 2.12. The van der Waals surface area contributed by atoms with Crippen molar-refractivity contribution >= 4 is 23.1 Å². The first-order valence-electron chi connectivity index (χ1n) is 5.76. The molecule has 104 valence electrons. The fourth-order valence-electron chi connectivity index (χ4n) is 1.90. The first kappa shape index (κ1) is 13.5. The largest absolute Gasteiger partial charge is 0.331 e. The van der Waals surface area contributed by atoms with Crippen molar-refractivity contribution < 1.29 is 4.79 Å². The number of fused-ring (bicyclic) bond motifs is 1. The van der Waals surface area contributed by atoms with Gasteiger partial charge < -0.3 is 11.2 Å². The zero-order valence-electron chi connectivity index (χ0n) is 10.7. The van der Waals surface area contributed by atoms with E-state index in [0.717, 1.165) is 10.9 Å². The number of hydrogen-bond acceptors (Lipinski definition) is 5. The smallest absolute Gasteiger partial charge is 0.322 e. The van der Waals surface area contributed by atoms with Crippen LogP contribution in [-0.2, 0) is 18.4 Å². The van der Waals surface area contributed by atoms with E-state index >= 15 is 0 Å². The van der Waals surface area contributed by atoms with E-state index in [9.17, 15) is 14.4 Å². The van der Waals surface area contributed by atoms with Crippen LogP contribution in [0.2, 0.25) is 0 Å². The molecule has 0 unspecified atom stereocenters. The Balaban J connectivity index is 2.57. The molecule has 1 heterocycles. The minimum atomic E-state index is -0.562. The van der Waals surface area contributed by atoms with Gasteiger partial charge in [-0.2, -0.15) is 5.10 Å². The normalized spacial score (nSPS) is 11.1. The van der Waals surface area contributed by atoms with Gasteiger partial charge in [0.15, 0.2) is 0 Å². The lowest BCUT2D eigenvalue weighted by atomic mass is 10.2. The summed E-state index contributed by atoms with van der Waals surface area (Å²) in [6.45, 7) is -0.400. The van der Waals surface area contributed by atoms with Gasteiger partial charge in [0.2, 0.25) is 5.91 Å². The third kappa shape index (κ3) is 2.30. The van der Waals surface area contributed by atoms with Gasteiger partial charge in [0, 0.05) is 7.05 Å². The zero-order valence-corrected chi connectivity index (χ0v) is 10.7. The number of carbonyl (C=O) groups is 1. The van der Waals surface area contributed by atoms with Crippen LogP contribution in [0, 0.1) is 0 Å². The highest BCUT2D eigenvalue weighted by molar-refractivity contribution is 5.87. The molecule has 2 aromatic rings. The molecular weight excluding hydrogens is 262 g/mol. The van der Waals surface area contributed by atoms with Crippen LogP contribution in [0.4, 0.5) is 0 Å². The average molecular weight is 275 g/mol. The molecule has 0 aliphatic rings. The van der Waals surface area contributed by atoms with E-state index in [1.165, 1.54) is 4.57 Å². The van der Waals surface area contributed by atoms with Crippen molar-refractivity contribution in [3.8, 4) is 0 Å². The zero-order chi connectivity index (χ0) is 14.7. The van der Waals surface area contributed by atoms with Gasteiger partial charge in [-0.1, -0.05) is 12.1 Å². The van der Waals surface area contributed by atoms with Crippen molar-refractivity contribution in [3.05, 3.63) is 45.1 Å². The maximum absolute atomic E-state index is 12.2. The summed E-state index contributed by atoms with van der Waals surface area (Å²) in [7, 11) is 1.54. The van der Waals surface area contributed by atoms with E-state index in [1.54, 1.807) is 31.3 Å². The van der Waals surface area contributed by atoms with Crippen molar-refractivity contribution in [1.82, 2.24) is 14.5 Å². The number of hydrazone groups is 1. The summed E-state index contributed by atoms with van der Waals surface area (Å²) in [5.41, 5.74) is -0.556. The molecule has 1 amide bonds. The summed E-state index contributed by atoms with van der Waals surface area (Å²) < 4.78 is 2.18. The molecule has 20 heavy (non-hydrogen) atoms. The van der Waals surface area contributed by atoms with Crippen molar-refractivity contribution in [2.75, 3.05) is 0 Å². The topological polar surface area (TPSA) is 111 Å². The molecule has 0 saturated carbocycles. The van der Waals surface area contributed by atoms with Crippen molar-refractivity contribution in [2.45, 2.75) is 6.54 Å². The van der Waals surface area contributed by atoms with Crippen LogP contribution in [0.3, 0.4) is 0 Å². The summed E-state index contributed by atoms with van der Waals surface area (Å²) >= 11 is 0. The molecule has 0 aliphatic carbocycles. The predicted molar refractivity (Wildman–Crippen MR) is 74.3 cm³/mol. The van der Waals surface area contributed by atoms with E-state index in [2.05, 4.69) is 10.4 Å². The van der Waals surface area contributed by atoms with Crippen LogP contribution >= 0.6 is 0 Å². The molecule has 1 aromatic carbocycles. The van der Waals surface area contributed by atoms with Crippen LogP contribution in [-0.4, -0.2) is 21.4 Å². The Bertz CT molecular complexity index is 803. The van der Waals surface area contributed by atoms with Crippen LogP contribution in [0.25, 0.3) is 10.9 Å². The minimum absolute atomic E-state index is 0.370. The number of hydrogen-bond donors (Lipinski definition) is 2. The second-order valence-corrected chi connectivity index (χ2v) is 4.10. The monoisotopic (exact) mass is 275 g/mol. The maximum atomic E-state index is 12.2. The molecule has 8 heteroatoms. The van der Waals surface area contributed by atoms with Crippen LogP contribution in [0.15, 0.2) is 39.0 Å². The molecule has 8 nitrogen and oxygen atoms in total. The van der Waals surface area contributed by atoms with Gasteiger partial charge in [0.25, 0.3) is 5.56 Å². The average Bonchev–Trinajstić information content (AvgIpc) is 2.47. The predicted octanol–water partition coefficient (Wildman–Crippen LogP) is -1.28. The number of aromatic nitrogens is 2. The van der Waals surface area contributed by atoms with Crippen molar-refractivity contribution in [3.63, 3.8) is 0 Å². The molecular formula is C12H13N5O3. The molecule has 0 atom stereocenters. The van der Waals surface area contributed by atoms with Gasteiger partial charge in [0.1, 0.15) is 12.9 Å². The number of nitrogens with zero attached hydrogens (tertiary/aromatic N) is 3. The third-order valence-electron chi connectivity index (χ3n) is 2.86. The van der Waals surface area contributed by atoms with Gasteiger partial charge in [-0.15, -0.1) is 0 Å². The Morgan fingerprint density at radius 1 is 1.40 bits per heavy atom. The standard InChI is InChI=1S/C12H13N5O3/c1-16-9-5-3-2-4-8(9)11(19)17(12(16)20)6-10(18)14-7-15-13/h2-5,7H,6,13H2,1H3,(H,14,15,18). The number of nitrogens with two attached hydrogens (primary N) is 1. The third-order valence-corrected chi connectivity index (χ3v) is 2.86. The first-order valence-corrected chi connectivity index (χ1v) is 5.76. The van der Waals surface area contributed by atoms with E-state index in [1.807, 2.05) is 0 Å². The number of rotatable bonds is 3. The lowest BCUT2D eigenvalue weighted by Crippen LogP contribution is -2.43. The Morgan fingerprint density at radius 2 is 2.10 bits per heavy atom. The summed E-state index contributed by atoms with van der Waals surface area (Å²) in [6, 6.07) is 6.70. The maximum Gasteiger partial charge on any atom is 0.331 e. The summed E-state index contributed by atoms with van der Waals surface area (Å²) in [5.74, 6) is 4.29. The Kier molecular flexibility index (Phi) is 3.65. The van der Waals surface area contributed by atoms with E-state index in [4.69, 9.17) is 5.84 Å². The number of benzene rings is 1. The number of aryl methyl sites for hydroxylation is 1. The van der Waals surface area contributed by atoms with Crippen molar-refractivity contribution in [2.24, 2.45) is 18.0 Å². The number of amides is 1. The highest BCUT2D eigenvalue weighted by Crippen LogP contribution is 2.05. The van der Waals surface area contributed by atoms with Crippen LogP contribution < -0.4 is 22.4 Å². The van der Waals surface area contributed by atoms with Gasteiger partial charge in [0.05, 0.1) is 10.9 Å². The Morgan fingerprint density at radius 3 is 2.80 bits per heavy atom. The molecule has 0 radical (unpaired) electrons. The molecule has 0 saturated heterocycles. The first-order chi connectivity index (χ1) is 9.56. The molecule has 0 bridgehead atoms. The fraction of sp³-hybridized carbons (Fsp3) is 0.167.